The number of rotatable bonds is 6. The minimum absolute atomic E-state index is 0.0216. The van der Waals surface area contributed by atoms with E-state index >= 15 is 0 Å². The normalized spacial score (nSPS) is 20.6. The van der Waals surface area contributed by atoms with E-state index in [-0.39, 0.29) is 6.04 Å². The Hall–Kier alpha value is -0.590. The SMILES string of the molecule is CCCC1CCN(CCC(C#N)NC)CC1. The quantitative estimate of drug-likeness (QED) is 0.748. The molecule has 16 heavy (non-hydrogen) atoms. The van der Waals surface area contributed by atoms with Crippen LogP contribution in [0.15, 0.2) is 0 Å². The summed E-state index contributed by atoms with van der Waals surface area (Å²) in [5, 5.41) is 11.9. The summed E-state index contributed by atoms with van der Waals surface area (Å²) < 4.78 is 0. The highest BCUT2D eigenvalue weighted by Crippen LogP contribution is 2.21. The number of nitrogens with zero attached hydrogens (tertiary/aromatic N) is 2. The summed E-state index contributed by atoms with van der Waals surface area (Å²) in [5.41, 5.74) is 0. The lowest BCUT2D eigenvalue weighted by molar-refractivity contribution is 0.174. The largest absolute Gasteiger partial charge is 0.305 e. The van der Waals surface area contributed by atoms with Crippen LogP contribution in [0, 0.1) is 17.2 Å². The third kappa shape index (κ3) is 4.51. The van der Waals surface area contributed by atoms with Crippen molar-refractivity contribution in [1.82, 2.24) is 10.2 Å². The van der Waals surface area contributed by atoms with Crippen molar-refractivity contribution in [1.29, 1.82) is 5.26 Å². The molecule has 1 rings (SSSR count). The maximum atomic E-state index is 8.84. The minimum Gasteiger partial charge on any atom is -0.305 e. The van der Waals surface area contributed by atoms with Gasteiger partial charge in [-0.3, -0.25) is 0 Å². The average molecular weight is 223 g/mol. The molecule has 1 aliphatic heterocycles. The zero-order valence-corrected chi connectivity index (χ0v) is 10.7. The standard InChI is InChI=1S/C13H25N3/c1-3-4-12-5-8-16(9-6-12)10-7-13(11-14)15-2/h12-13,15H,3-10H2,1-2H3. The molecule has 3 heteroatoms. The molecule has 1 unspecified atom stereocenters. The third-order valence-electron chi connectivity index (χ3n) is 3.64. The van der Waals surface area contributed by atoms with Crippen LogP contribution in [0.2, 0.25) is 0 Å². The second kappa shape index (κ2) is 7.65. The zero-order valence-electron chi connectivity index (χ0n) is 10.7. The first kappa shape index (κ1) is 13.5. The van der Waals surface area contributed by atoms with Gasteiger partial charge in [-0.2, -0.15) is 5.26 Å². The molecule has 1 N–H and O–H groups in total. The first-order valence-corrected chi connectivity index (χ1v) is 6.59. The maximum absolute atomic E-state index is 8.84. The first-order chi connectivity index (χ1) is 7.80. The Morgan fingerprint density at radius 1 is 1.44 bits per heavy atom. The van der Waals surface area contributed by atoms with Crippen LogP contribution in [0.3, 0.4) is 0 Å². The Bertz CT molecular complexity index is 214. The lowest BCUT2D eigenvalue weighted by atomic mass is 9.92. The Labute approximate surface area is 99.8 Å². The summed E-state index contributed by atoms with van der Waals surface area (Å²) in [6.45, 7) is 5.80. The van der Waals surface area contributed by atoms with Crippen molar-refractivity contribution in [2.24, 2.45) is 5.92 Å². The van der Waals surface area contributed by atoms with Gasteiger partial charge in [-0.25, -0.2) is 0 Å². The number of hydrogen-bond acceptors (Lipinski definition) is 3. The number of nitrogens with one attached hydrogen (secondary N) is 1. The topological polar surface area (TPSA) is 39.1 Å². The summed E-state index contributed by atoms with van der Waals surface area (Å²) >= 11 is 0. The van der Waals surface area contributed by atoms with E-state index in [9.17, 15) is 0 Å². The molecule has 92 valence electrons. The highest BCUT2D eigenvalue weighted by atomic mass is 15.1. The molecule has 1 heterocycles. The Morgan fingerprint density at radius 2 is 2.12 bits per heavy atom. The van der Waals surface area contributed by atoms with Crippen molar-refractivity contribution in [2.45, 2.75) is 45.1 Å². The van der Waals surface area contributed by atoms with Gasteiger partial charge in [0, 0.05) is 6.54 Å². The lowest BCUT2D eigenvalue weighted by Gasteiger charge is -2.32. The van der Waals surface area contributed by atoms with E-state index in [1.807, 2.05) is 7.05 Å². The van der Waals surface area contributed by atoms with Crippen molar-refractivity contribution in [2.75, 3.05) is 26.7 Å². The number of piperidine rings is 1. The fourth-order valence-corrected chi connectivity index (χ4v) is 2.49. The molecule has 0 aliphatic carbocycles. The predicted octanol–water partition coefficient (Wildman–Crippen LogP) is 2.00. The Morgan fingerprint density at radius 3 is 2.62 bits per heavy atom. The van der Waals surface area contributed by atoms with Gasteiger partial charge in [-0.1, -0.05) is 19.8 Å². The summed E-state index contributed by atoms with van der Waals surface area (Å²) in [6, 6.07) is 2.30. The number of likely N-dealkylation sites (tertiary alicyclic amines) is 1. The molecule has 0 aromatic carbocycles. The number of nitriles is 1. The molecule has 0 aromatic heterocycles. The first-order valence-electron chi connectivity index (χ1n) is 6.59. The van der Waals surface area contributed by atoms with Crippen LogP contribution < -0.4 is 5.32 Å². The van der Waals surface area contributed by atoms with E-state index in [1.54, 1.807) is 0 Å². The van der Waals surface area contributed by atoms with Gasteiger partial charge in [0.2, 0.25) is 0 Å². The van der Waals surface area contributed by atoms with Crippen molar-refractivity contribution in [3.05, 3.63) is 0 Å². The van der Waals surface area contributed by atoms with E-state index < -0.39 is 0 Å². The van der Waals surface area contributed by atoms with E-state index in [4.69, 9.17) is 5.26 Å². The molecule has 0 bridgehead atoms. The van der Waals surface area contributed by atoms with E-state index in [0.29, 0.717) is 0 Å². The van der Waals surface area contributed by atoms with Gasteiger partial charge < -0.3 is 10.2 Å². The molecule has 0 amide bonds. The van der Waals surface area contributed by atoms with Crippen LogP contribution in [-0.4, -0.2) is 37.6 Å². The van der Waals surface area contributed by atoms with E-state index in [2.05, 4.69) is 23.2 Å². The molecular formula is C13H25N3. The van der Waals surface area contributed by atoms with Gasteiger partial charge in [-0.05, 0) is 45.3 Å². The monoisotopic (exact) mass is 223 g/mol. The average Bonchev–Trinajstić information content (AvgIpc) is 2.33. The molecule has 1 saturated heterocycles. The Kier molecular flexibility index (Phi) is 6.44. The van der Waals surface area contributed by atoms with E-state index in [1.165, 1.54) is 38.8 Å². The molecule has 0 saturated carbocycles. The van der Waals surface area contributed by atoms with Crippen molar-refractivity contribution < 1.29 is 0 Å². The molecule has 1 atom stereocenters. The molecule has 1 aliphatic rings. The summed E-state index contributed by atoms with van der Waals surface area (Å²) in [4.78, 5) is 2.51. The highest BCUT2D eigenvalue weighted by molar-refractivity contribution is 4.89. The molecular weight excluding hydrogens is 198 g/mol. The minimum atomic E-state index is 0.0216. The third-order valence-corrected chi connectivity index (χ3v) is 3.64. The van der Waals surface area contributed by atoms with E-state index in [0.717, 1.165) is 18.9 Å². The summed E-state index contributed by atoms with van der Waals surface area (Å²) in [5.74, 6) is 0.956. The molecule has 1 fully saturated rings. The second-order valence-corrected chi connectivity index (χ2v) is 4.83. The summed E-state index contributed by atoms with van der Waals surface area (Å²) in [7, 11) is 1.86. The van der Waals surface area contributed by atoms with Gasteiger partial charge in [0.1, 0.15) is 0 Å². The fraction of sp³-hybridized carbons (Fsp3) is 0.923. The van der Waals surface area contributed by atoms with Crippen molar-refractivity contribution >= 4 is 0 Å². The van der Waals surface area contributed by atoms with Crippen molar-refractivity contribution in [3.8, 4) is 6.07 Å². The zero-order chi connectivity index (χ0) is 11.8. The van der Waals surface area contributed by atoms with Crippen LogP contribution in [0.25, 0.3) is 0 Å². The van der Waals surface area contributed by atoms with Crippen LogP contribution >= 0.6 is 0 Å². The Balaban J connectivity index is 2.15. The molecule has 3 nitrogen and oxygen atoms in total. The van der Waals surface area contributed by atoms with Gasteiger partial charge >= 0.3 is 0 Å². The maximum Gasteiger partial charge on any atom is 0.0962 e. The molecule has 0 radical (unpaired) electrons. The van der Waals surface area contributed by atoms with Gasteiger partial charge in [0.25, 0.3) is 0 Å². The summed E-state index contributed by atoms with van der Waals surface area (Å²) in [6.07, 6.45) is 6.37. The second-order valence-electron chi connectivity index (χ2n) is 4.83. The van der Waals surface area contributed by atoms with Crippen LogP contribution in [0.5, 0.6) is 0 Å². The smallest absolute Gasteiger partial charge is 0.0962 e. The highest BCUT2D eigenvalue weighted by Gasteiger charge is 2.18. The van der Waals surface area contributed by atoms with Crippen molar-refractivity contribution in [3.63, 3.8) is 0 Å². The van der Waals surface area contributed by atoms with Crippen LogP contribution in [-0.2, 0) is 0 Å². The number of hydrogen-bond donors (Lipinski definition) is 1. The van der Waals surface area contributed by atoms with Gasteiger partial charge in [0.15, 0.2) is 0 Å². The van der Waals surface area contributed by atoms with Gasteiger partial charge in [-0.15, -0.1) is 0 Å². The molecule has 0 aromatic rings. The van der Waals surface area contributed by atoms with Crippen LogP contribution in [0.4, 0.5) is 0 Å². The molecule has 0 spiro atoms. The van der Waals surface area contributed by atoms with Gasteiger partial charge in [0.05, 0.1) is 12.1 Å². The predicted molar refractivity (Wildman–Crippen MR) is 67.1 cm³/mol. The van der Waals surface area contributed by atoms with Crippen LogP contribution in [0.1, 0.15) is 39.0 Å². The lowest BCUT2D eigenvalue weighted by Crippen LogP contribution is -2.37. The fourth-order valence-electron chi connectivity index (χ4n) is 2.49.